The molecule has 0 amide bonds. The predicted octanol–water partition coefficient (Wildman–Crippen LogP) is 2.60. The molecule has 0 aliphatic carbocycles. The van der Waals surface area contributed by atoms with E-state index in [2.05, 4.69) is 10.3 Å². The van der Waals surface area contributed by atoms with Gasteiger partial charge in [0.05, 0.1) is 4.90 Å². The molecule has 0 aliphatic rings. The Morgan fingerprint density at radius 2 is 2.00 bits per heavy atom. The summed E-state index contributed by atoms with van der Waals surface area (Å²) in [6.07, 6.45) is 1.46. The first kappa shape index (κ1) is 15.8. The van der Waals surface area contributed by atoms with E-state index >= 15 is 0 Å². The van der Waals surface area contributed by atoms with E-state index in [0.29, 0.717) is 10.8 Å². The fourth-order valence-electron chi connectivity index (χ4n) is 1.84. The number of benzene rings is 1. The third-order valence-electron chi connectivity index (χ3n) is 3.05. The topological polar surface area (TPSA) is 62.3 Å². The van der Waals surface area contributed by atoms with Gasteiger partial charge in [-0.1, -0.05) is 29.8 Å². The van der Waals surface area contributed by atoms with Crippen LogP contribution in [0.2, 0.25) is 5.02 Å². The predicted molar refractivity (Wildman–Crippen MR) is 83.9 cm³/mol. The molecular formula is C14H16ClN3O2S. The molecule has 0 saturated carbocycles. The molecule has 0 radical (unpaired) electrons. The second-order valence-corrected chi connectivity index (χ2v) is 6.93. The van der Waals surface area contributed by atoms with E-state index in [-0.39, 0.29) is 11.4 Å². The van der Waals surface area contributed by atoms with Crippen molar-refractivity contribution < 1.29 is 8.42 Å². The summed E-state index contributed by atoms with van der Waals surface area (Å²) in [5.41, 5.74) is 0.758. The highest BCUT2D eigenvalue weighted by Gasteiger charge is 2.22. The van der Waals surface area contributed by atoms with Gasteiger partial charge in [0, 0.05) is 37.9 Å². The summed E-state index contributed by atoms with van der Waals surface area (Å²) >= 11 is 6.07. The average molecular weight is 326 g/mol. The standard InChI is InChI=1S/C14H16ClN3O2S/c1-16-14-9-12(7-8-17-14)21(19,20)18(2)10-11-5-3-4-6-13(11)15/h3-9H,10H2,1-2H3,(H,16,17). The summed E-state index contributed by atoms with van der Waals surface area (Å²) in [7, 11) is -0.379. The maximum atomic E-state index is 12.5. The van der Waals surface area contributed by atoms with Crippen molar-refractivity contribution in [2.75, 3.05) is 19.4 Å². The molecule has 5 nitrogen and oxygen atoms in total. The first-order valence-electron chi connectivity index (χ1n) is 6.28. The smallest absolute Gasteiger partial charge is 0.243 e. The molecule has 1 N–H and O–H groups in total. The van der Waals surface area contributed by atoms with Crippen LogP contribution < -0.4 is 5.32 Å². The van der Waals surface area contributed by atoms with Crippen LogP contribution in [-0.2, 0) is 16.6 Å². The zero-order valence-corrected chi connectivity index (χ0v) is 13.3. The molecule has 0 aliphatic heterocycles. The van der Waals surface area contributed by atoms with Gasteiger partial charge in [-0.05, 0) is 17.7 Å². The summed E-state index contributed by atoms with van der Waals surface area (Å²) in [6.45, 7) is 0.208. The number of nitrogens with zero attached hydrogens (tertiary/aromatic N) is 2. The largest absolute Gasteiger partial charge is 0.373 e. The molecular weight excluding hydrogens is 310 g/mol. The number of aromatic nitrogens is 1. The van der Waals surface area contributed by atoms with Crippen molar-refractivity contribution in [2.24, 2.45) is 0 Å². The Hall–Kier alpha value is -1.63. The van der Waals surface area contributed by atoms with Crippen LogP contribution in [0, 0.1) is 0 Å². The Bertz CT molecular complexity index is 735. The Morgan fingerprint density at radius 3 is 2.67 bits per heavy atom. The van der Waals surface area contributed by atoms with Gasteiger partial charge in [0.25, 0.3) is 0 Å². The normalized spacial score (nSPS) is 11.6. The van der Waals surface area contributed by atoms with E-state index in [0.717, 1.165) is 5.56 Å². The number of sulfonamides is 1. The lowest BCUT2D eigenvalue weighted by Crippen LogP contribution is -2.26. The first-order chi connectivity index (χ1) is 9.95. The van der Waals surface area contributed by atoms with Crippen molar-refractivity contribution in [2.45, 2.75) is 11.4 Å². The second kappa shape index (κ2) is 6.43. The van der Waals surface area contributed by atoms with Gasteiger partial charge in [0.1, 0.15) is 5.82 Å². The van der Waals surface area contributed by atoms with Crippen LogP contribution in [0.25, 0.3) is 0 Å². The lowest BCUT2D eigenvalue weighted by molar-refractivity contribution is 0.467. The number of rotatable bonds is 5. The molecule has 1 aromatic carbocycles. The summed E-state index contributed by atoms with van der Waals surface area (Å²) in [4.78, 5) is 4.20. The fourth-order valence-corrected chi connectivity index (χ4v) is 3.20. The maximum absolute atomic E-state index is 12.5. The number of pyridine rings is 1. The zero-order valence-electron chi connectivity index (χ0n) is 11.7. The van der Waals surface area contributed by atoms with Gasteiger partial charge in [-0.15, -0.1) is 0 Å². The van der Waals surface area contributed by atoms with Crippen LogP contribution in [0.5, 0.6) is 0 Å². The summed E-state index contributed by atoms with van der Waals surface area (Å²) < 4.78 is 26.4. The quantitative estimate of drug-likeness (QED) is 0.918. The molecule has 21 heavy (non-hydrogen) atoms. The van der Waals surface area contributed by atoms with E-state index in [1.165, 1.54) is 29.7 Å². The lowest BCUT2D eigenvalue weighted by atomic mass is 10.2. The number of anilines is 1. The van der Waals surface area contributed by atoms with Gasteiger partial charge in [-0.3, -0.25) is 0 Å². The van der Waals surface area contributed by atoms with Gasteiger partial charge in [-0.2, -0.15) is 4.31 Å². The van der Waals surface area contributed by atoms with Crippen LogP contribution in [0.1, 0.15) is 5.56 Å². The first-order valence-corrected chi connectivity index (χ1v) is 8.10. The minimum absolute atomic E-state index is 0.191. The fraction of sp³-hybridized carbons (Fsp3) is 0.214. The average Bonchev–Trinajstić information content (AvgIpc) is 2.49. The summed E-state index contributed by atoms with van der Waals surface area (Å²) in [5, 5.41) is 3.37. The van der Waals surface area contributed by atoms with E-state index in [9.17, 15) is 8.42 Å². The zero-order chi connectivity index (χ0) is 15.5. The van der Waals surface area contributed by atoms with Crippen molar-refractivity contribution in [3.8, 4) is 0 Å². The molecule has 1 aromatic heterocycles. The number of hydrogen-bond donors (Lipinski definition) is 1. The van der Waals surface area contributed by atoms with Crippen LogP contribution in [0.15, 0.2) is 47.5 Å². The Balaban J connectivity index is 2.28. The molecule has 2 aromatic rings. The highest BCUT2D eigenvalue weighted by molar-refractivity contribution is 7.89. The van der Waals surface area contributed by atoms with E-state index in [1.807, 2.05) is 12.1 Å². The van der Waals surface area contributed by atoms with Gasteiger partial charge >= 0.3 is 0 Å². The van der Waals surface area contributed by atoms with Gasteiger partial charge in [-0.25, -0.2) is 13.4 Å². The SMILES string of the molecule is CNc1cc(S(=O)(=O)N(C)Cc2ccccc2Cl)ccn1. The van der Waals surface area contributed by atoms with Crippen LogP contribution >= 0.6 is 11.6 Å². The summed E-state index contributed by atoms with van der Waals surface area (Å²) in [5.74, 6) is 0.502. The van der Waals surface area contributed by atoms with Crippen LogP contribution in [-0.4, -0.2) is 31.8 Å². The molecule has 2 rings (SSSR count). The molecule has 0 saturated heterocycles. The third kappa shape index (κ3) is 3.53. The number of hydrogen-bond acceptors (Lipinski definition) is 4. The van der Waals surface area contributed by atoms with Crippen LogP contribution in [0.3, 0.4) is 0 Å². The number of halogens is 1. The minimum atomic E-state index is -3.59. The van der Waals surface area contributed by atoms with E-state index in [4.69, 9.17) is 11.6 Å². The number of nitrogens with one attached hydrogen (secondary N) is 1. The molecule has 112 valence electrons. The minimum Gasteiger partial charge on any atom is -0.373 e. The molecule has 0 atom stereocenters. The molecule has 0 unspecified atom stereocenters. The lowest BCUT2D eigenvalue weighted by Gasteiger charge is -2.18. The Kier molecular flexibility index (Phi) is 4.82. The molecule has 0 spiro atoms. The van der Waals surface area contributed by atoms with Gasteiger partial charge in [0.2, 0.25) is 10.0 Å². The highest BCUT2D eigenvalue weighted by Crippen LogP contribution is 2.21. The monoisotopic (exact) mass is 325 g/mol. The van der Waals surface area contributed by atoms with Gasteiger partial charge in [0.15, 0.2) is 0 Å². The maximum Gasteiger partial charge on any atom is 0.243 e. The Labute approximate surface area is 129 Å². The second-order valence-electron chi connectivity index (χ2n) is 4.48. The third-order valence-corrected chi connectivity index (χ3v) is 5.21. The van der Waals surface area contributed by atoms with Crippen molar-refractivity contribution in [3.05, 3.63) is 53.2 Å². The molecule has 0 bridgehead atoms. The molecule has 1 heterocycles. The van der Waals surface area contributed by atoms with Crippen molar-refractivity contribution in [1.82, 2.24) is 9.29 Å². The highest BCUT2D eigenvalue weighted by atomic mass is 35.5. The molecule has 0 fully saturated rings. The molecule has 7 heteroatoms. The van der Waals surface area contributed by atoms with Crippen LogP contribution in [0.4, 0.5) is 5.82 Å². The Morgan fingerprint density at radius 1 is 1.29 bits per heavy atom. The van der Waals surface area contributed by atoms with Crippen molar-refractivity contribution in [1.29, 1.82) is 0 Å². The van der Waals surface area contributed by atoms with Crippen molar-refractivity contribution >= 4 is 27.4 Å². The summed E-state index contributed by atoms with van der Waals surface area (Å²) in [6, 6.07) is 10.1. The van der Waals surface area contributed by atoms with Gasteiger partial charge < -0.3 is 5.32 Å². The van der Waals surface area contributed by atoms with Crippen molar-refractivity contribution in [3.63, 3.8) is 0 Å². The van der Waals surface area contributed by atoms with E-state index < -0.39 is 10.0 Å². The van der Waals surface area contributed by atoms with E-state index in [1.54, 1.807) is 19.2 Å².